The third kappa shape index (κ3) is 2.36. The zero-order chi connectivity index (χ0) is 4.99. The minimum Gasteiger partial charge on any atom is -0.514 e. The van der Waals surface area contributed by atoms with E-state index in [1.165, 1.54) is 0 Å². The smallest absolute Gasteiger partial charge is 0.0949 e. The molecule has 1 N–H and O–H groups in total. The van der Waals surface area contributed by atoms with E-state index in [0.717, 1.165) is 6.26 Å². The number of aliphatic hydroxyl groups is 1. The molecule has 3 heteroatoms. The van der Waals surface area contributed by atoms with Crippen molar-refractivity contribution in [2.24, 2.45) is 0 Å². The molecule has 0 aliphatic rings. The van der Waals surface area contributed by atoms with Crippen LogP contribution in [-0.4, -0.2) is 11.0 Å². The van der Waals surface area contributed by atoms with Gasteiger partial charge in [-0.2, -0.15) is 0 Å². The molecular weight excluding hydrogens is 123 g/mol. The van der Waals surface area contributed by atoms with Crippen LogP contribution in [0.2, 0.25) is 0 Å². The average molecular weight is 127 g/mol. The molecule has 0 saturated heterocycles. The van der Waals surface area contributed by atoms with Crippen LogP contribution in [-0.2, 0) is 0 Å². The Labute approximate surface area is 46.2 Å². The van der Waals surface area contributed by atoms with Crippen molar-refractivity contribution in [3.63, 3.8) is 0 Å². The summed E-state index contributed by atoms with van der Waals surface area (Å²) in [5, 5.41) is 8.22. The second kappa shape index (κ2) is 3.32. The molecule has 0 fully saturated rings. The highest BCUT2D eigenvalue weighted by atomic mass is 35.5. The third-order valence-corrected chi connectivity index (χ3v) is 0.924. The highest BCUT2D eigenvalue weighted by molar-refractivity contribution is 6.35. The van der Waals surface area contributed by atoms with Crippen molar-refractivity contribution < 1.29 is 5.11 Å². The first-order chi connectivity index (χ1) is 2.81. The predicted molar refractivity (Wildman–Crippen MR) is 27.3 cm³/mol. The number of aliphatic hydroxyl groups excluding tert-OH is 1. The molecule has 0 unspecified atom stereocenters. The van der Waals surface area contributed by atoms with E-state index in [0.29, 0.717) is 0 Å². The first-order valence-electron chi connectivity index (χ1n) is 1.36. The van der Waals surface area contributed by atoms with Crippen LogP contribution in [0.4, 0.5) is 0 Å². The molecule has 1 nitrogen and oxygen atoms in total. The van der Waals surface area contributed by atoms with Gasteiger partial charge in [-0.25, -0.2) is 0 Å². The van der Waals surface area contributed by atoms with Gasteiger partial charge in [-0.1, -0.05) is 11.6 Å². The highest BCUT2D eigenvalue weighted by Crippen LogP contribution is 1.99. The first kappa shape index (κ1) is 6.12. The maximum Gasteiger partial charge on any atom is 0.0949 e. The van der Waals surface area contributed by atoms with Gasteiger partial charge < -0.3 is 5.11 Å². The lowest BCUT2D eigenvalue weighted by Crippen LogP contribution is -1.67. The largest absolute Gasteiger partial charge is 0.514 e. The van der Waals surface area contributed by atoms with Crippen LogP contribution in [0.1, 0.15) is 0 Å². The van der Waals surface area contributed by atoms with Crippen molar-refractivity contribution in [2.45, 2.75) is 0 Å². The number of hydrogen-bond donors (Lipinski definition) is 1. The molecule has 0 spiro atoms. The molecule has 0 rings (SSSR count). The van der Waals surface area contributed by atoms with E-state index >= 15 is 0 Å². The van der Waals surface area contributed by atoms with Crippen molar-refractivity contribution in [2.75, 3.05) is 5.88 Å². The molecule has 0 radical (unpaired) electrons. The average Bonchev–Trinajstić information content (AvgIpc) is 1.65. The van der Waals surface area contributed by atoms with E-state index in [4.69, 9.17) is 28.3 Å². The van der Waals surface area contributed by atoms with E-state index < -0.39 is 0 Å². The van der Waals surface area contributed by atoms with Crippen LogP contribution in [0.15, 0.2) is 11.3 Å². The molecule has 0 aliphatic carbocycles. The summed E-state index contributed by atoms with van der Waals surface area (Å²) in [6.07, 6.45) is 0.772. The maximum absolute atomic E-state index is 7.96. The molecule has 0 aliphatic heterocycles. The van der Waals surface area contributed by atoms with Crippen LogP contribution in [0.25, 0.3) is 0 Å². The molecule has 0 saturated carbocycles. The van der Waals surface area contributed by atoms with Crippen molar-refractivity contribution in [3.05, 3.63) is 11.3 Å². The summed E-state index contributed by atoms with van der Waals surface area (Å²) < 4.78 is 0. The summed E-state index contributed by atoms with van der Waals surface area (Å²) in [4.78, 5) is 0. The first-order valence-corrected chi connectivity index (χ1v) is 2.27. The molecule has 0 heterocycles. The molecular formula is C3H4Cl2O. The van der Waals surface area contributed by atoms with Gasteiger partial charge >= 0.3 is 0 Å². The van der Waals surface area contributed by atoms with Gasteiger partial charge in [0, 0.05) is 0 Å². The highest BCUT2D eigenvalue weighted by Gasteiger charge is 1.81. The van der Waals surface area contributed by atoms with Crippen LogP contribution in [0.3, 0.4) is 0 Å². The molecule has 6 heavy (non-hydrogen) atoms. The predicted octanol–water partition coefficient (Wildman–Crippen LogP) is 1.86. The zero-order valence-corrected chi connectivity index (χ0v) is 4.50. The van der Waals surface area contributed by atoms with Crippen LogP contribution in [0.5, 0.6) is 0 Å². The monoisotopic (exact) mass is 126 g/mol. The van der Waals surface area contributed by atoms with Crippen molar-refractivity contribution in [1.29, 1.82) is 0 Å². The lowest BCUT2D eigenvalue weighted by atomic mass is 10.7. The number of rotatable bonds is 1. The SMILES string of the molecule is OC=C(Cl)CCl. The van der Waals surface area contributed by atoms with E-state index in [1.807, 2.05) is 0 Å². The normalized spacial score (nSPS) is 12.0. The maximum atomic E-state index is 7.96. The van der Waals surface area contributed by atoms with Gasteiger partial charge in [0.15, 0.2) is 0 Å². The molecule has 0 atom stereocenters. The van der Waals surface area contributed by atoms with E-state index in [1.54, 1.807) is 0 Å². The van der Waals surface area contributed by atoms with Gasteiger partial charge in [0.1, 0.15) is 0 Å². The van der Waals surface area contributed by atoms with Gasteiger partial charge in [-0.3, -0.25) is 0 Å². The minimum atomic E-state index is 0.179. The standard InChI is InChI=1S/C3H4Cl2O/c4-1-3(5)2-6/h2,6H,1H2. The van der Waals surface area contributed by atoms with E-state index in [9.17, 15) is 0 Å². The molecule has 0 bridgehead atoms. The summed E-state index contributed by atoms with van der Waals surface area (Å²) in [7, 11) is 0. The summed E-state index contributed by atoms with van der Waals surface area (Å²) in [6, 6.07) is 0. The van der Waals surface area contributed by atoms with E-state index in [-0.39, 0.29) is 10.9 Å². The van der Waals surface area contributed by atoms with E-state index in [2.05, 4.69) is 0 Å². The Morgan fingerprint density at radius 2 is 2.33 bits per heavy atom. The number of alkyl halides is 1. The molecule has 36 valence electrons. The summed E-state index contributed by atoms with van der Waals surface area (Å²) in [5.41, 5.74) is 0. The Kier molecular flexibility index (Phi) is 3.38. The van der Waals surface area contributed by atoms with Gasteiger partial charge in [-0.15, -0.1) is 11.6 Å². The van der Waals surface area contributed by atoms with Crippen molar-refractivity contribution in [1.82, 2.24) is 0 Å². The van der Waals surface area contributed by atoms with Gasteiger partial charge in [0.25, 0.3) is 0 Å². The Bertz CT molecular complexity index is 59.8. The molecule has 0 aromatic carbocycles. The van der Waals surface area contributed by atoms with Crippen LogP contribution < -0.4 is 0 Å². The van der Waals surface area contributed by atoms with Crippen LogP contribution >= 0.6 is 23.2 Å². The summed E-state index contributed by atoms with van der Waals surface area (Å²) in [6.45, 7) is 0. The number of halogens is 2. The fourth-order valence-electron chi connectivity index (χ4n) is 0.0345. The molecule has 0 amide bonds. The Morgan fingerprint density at radius 3 is 2.33 bits per heavy atom. The number of hydrogen-bond acceptors (Lipinski definition) is 1. The molecule has 0 aromatic heterocycles. The van der Waals surface area contributed by atoms with Crippen molar-refractivity contribution >= 4 is 23.2 Å². The quantitative estimate of drug-likeness (QED) is 0.421. The number of allylic oxidation sites excluding steroid dienone is 1. The zero-order valence-electron chi connectivity index (χ0n) is 2.99. The van der Waals surface area contributed by atoms with Crippen LogP contribution in [0, 0.1) is 0 Å². The fraction of sp³-hybridized carbons (Fsp3) is 0.333. The second-order valence-corrected chi connectivity index (χ2v) is 1.46. The minimum absolute atomic E-state index is 0.179. The Morgan fingerprint density at radius 1 is 1.83 bits per heavy atom. The molecule has 0 aromatic rings. The second-order valence-electron chi connectivity index (χ2n) is 0.710. The lowest BCUT2D eigenvalue weighted by molar-refractivity contribution is 0.471. The fourth-order valence-corrected chi connectivity index (χ4v) is 0.104. The third-order valence-electron chi connectivity index (χ3n) is 0.268. The van der Waals surface area contributed by atoms with Gasteiger partial charge in [0.2, 0.25) is 0 Å². The van der Waals surface area contributed by atoms with Gasteiger partial charge in [0.05, 0.1) is 17.2 Å². The Balaban J connectivity index is 3.22. The Hall–Kier alpha value is 0.120. The lowest BCUT2D eigenvalue weighted by Gasteiger charge is -1.78. The van der Waals surface area contributed by atoms with Crippen molar-refractivity contribution in [3.8, 4) is 0 Å². The summed E-state index contributed by atoms with van der Waals surface area (Å²) >= 11 is 10.2. The summed E-state index contributed by atoms with van der Waals surface area (Å²) in [5.74, 6) is 0.179. The topological polar surface area (TPSA) is 20.2 Å². The van der Waals surface area contributed by atoms with Gasteiger partial charge in [-0.05, 0) is 0 Å².